The molecule has 0 unspecified atom stereocenters. The molecule has 1 aliphatic carbocycles. The Morgan fingerprint density at radius 2 is 1.67 bits per heavy atom. The second-order valence-electron chi connectivity index (χ2n) is 7.46. The van der Waals surface area contributed by atoms with Gasteiger partial charge in [-0.05, 0) is 31.0 Å². The average molecular weight is 425 g/mol. The summed E-state index contributed by atoms with van der Waals surface area (Å²) in [6.07, 6.45) is 1.82. The van der Waals surface area contributed by atoms with Gasteiger partial charge in [-0.15, -0.1) is 0 Å². The van der Waals surface area contributed by atoms with E-state index in [9.17, 15) is 14.4 Å². The Morgan fingerprint density at radius 1 is 1.03 bits per heavy atom. The molecule has 1 N–H and O–H groups in total. The molecule has 6 nitrogen and oxygen atoms in total. The molecule has 1 saturated heterocycles. The molecule has 1 fully saturated rings. The number of hydrogen-bond donors (Lipinski definition) is 1. The van der Waals surface area contributed by atoms with Gasteiger partial charge in [0, 0.05) is 59.8 Å². The van der Waals surface area contributed by atoms with Crippen LogP contribution in [0.5, 0.6) is 0 Å². The lowest BCUT2D eigenvalue weighted by Crippen LogP contribution is -2.40. The fraction of sp³-hybridized carbons (Fsp3) is 0.348. The van der Waals surface area contributed by atoms with Crippen molar-refractivity contribution < 1.29 is 19.1 Å². The third-order valence-electron chi connectivity index (χ3n) is 5.56. The third kappa shape index (κ3) is 4.05. The fourth-order valence-electron chi connectivity index (χ4n) is 3.91. The van der Waals surface area contributed by atoms with Gasteiger partial charge in [0.1, 0.15) is 0 Å². The largest absolute Gasteiger partial charge is 0.383 e. The van der Waals surface area contributed by atoms with Crippen molar-refractivity contribution in [2.24, 2.45) is 0 Å². The summed E-state index contributed by atoms with van der Waals surface area (Å²) in [7, 11) is 1.68. The molecule has 1 amide bonds. The van der Waals surface area contributed by atoms with Gasteiger partial charge in [-0.1, -0.05) is 36.2 Å². The van der Waals surface area contributed by atoms with Gasteiger partial charge in [0.05, 0.1) is 6.61 Å². The quantitative estimate of drug-likeness (QED) is 0.484. The molecule has 156 valence electrons. The fourth-order valence-corrected chi connectivity index (χ4v) is 4.80. The molecule has 0 saturated carbocycles. The zero-order valence-corrected chi connectivity index (χ0v) is 17.7. The number of rotatable bonds is 6. The Labute approximate surface area is 180 Å². The first-order valence-electron chi connectivity index (χ1n) is 10.1. The van der Waals surface area contributed by atoms with Gasteiger partial charge in [0.2, 0.25) is 0 Å². The lowest BCUT2D eigenvalue weighted by molar-refractivity contribution is 0.0727. The number of nitrogens with zero attached hydrogens (tertiary/aromatic N) is 1. The molecular weight excluding hydrogens is 400 g/mol. The topological polar surface area (TPSA) is 75.7 Å². The normalized spacial score (nSPS) is 16.4. The Balaban J connectivity index is 1.44. The van der Waals surface area contributed by atoms with E-state index < -0.39 is 0 Å². The monoisotopic (exact) mass is 424 g/mol. The molecule has 2 aromatic carbocycles. The molecule has 1 heterocycles. The molecule has 2 aliphatic rings. The van der Waals surface area contributed by atoms with Gasteiger partial charge >= 0.3 is 0 Å². The van der Waals surface area contributed by atoms with Crippen LogP contribution in [-0.2, 0) is 4.74 Å². The maximum absolute atomic E-state index is 13.0. The summed E-state index contributed by atoms with van der Waals surface area (Å²) in [6.45, 7) is 2.82. The van der Waals surface area contributed by atoms with Gasteiger partial charge < -0.3 is 9.64 Å². The van der Waals surface area contributed by atoms with E-state index in [1.807, 2.05) is 4.90 Å². The Morgan fingerprint density at radius 3 is 2.33 bits per heavy atom. The Bertz CT molecular complexity index is 983. The van der Waals surface area contributed by atoms with E-state index in [2.05, 4.69) is 4.72 Å². The van der Waals surface area contributed by atoms with Crippen molar-refractivity contribution in [2.75, 3.05) is 33.4 Å². The van der Waals surface area contributed by atoms with Crippen LogP contribution < -0.4 is 4.72 Å². The first kappa shape index (κ1) is 20.8. The number of carbonyl (C=O) groups excluding carboxylic acids is 3. The van der Waals surface area contributed by atoms with E-state index in [0.29, 0.717) is 52.8 Å². The highest BCUT2D eigenvalue weighted by molar-refractivity contribution is 7.98. The number of fused-ring (bicyclic) bond motifs is 2. The minimum atomic E-state index is -0.202. The highest BCUT2D eigenvalue weighted by Gasteiger charge is 2.31. The molecule has 2 aromatic rings. The Kier molecular flexibility index (Phi) is 6.32. The van der Waals surface area contributed by atoms with Crippen molar-refractivity contribution in [2.45, 2.75) is 18.1 Å². The number of benzene rings is 2. The number of amides is 1. The van der Waals surface area contributed by atoms with Crippen molar-refractivity contribution in [1.29, 1.82) is 0 Å². The minimum absolute atomic E-state index is 0.0901. The predicted octanol–water partition coefficient (Wildman–Crippen LogP) is 2.95. The standard InChI is InChI=1S/C23H24N2O4S/c1-29-13-10-24-30-16-8-11-25(12-9-16)23(28)15-6-7-19-20(14-15)22(27)18-5-3-2-4-17(18)21(19)26/h2-7,14,16,24H,8-13H2,1H3. The number of likely N-dealkylation sites (tertiary alicyclic amines) is 1. The molecule has 0 radical (unpaired) electrons. The summed E-state index contributed by atoms with van der Waals surface area (Å²) in [5, 5.41) is 0.463. The van der Waals surface area contributed by atoms with Crippen LogP contribution in [0.4, 0.5) is 0 Å². The first-order valence-corrected chi connectivity index (χ1v) is 11.0. The van der Waals surface area contributed by atoms with Crippen LogP contribution in [0.25, 0.3) is 0 Å². The van der Waals surface area contributed by atoms with Crippen LogP contribution in [0.15, 0.2) is 42.5 Å². The highest BCUT2D eigenvalue weighted by atomic mass is 32.2. The first-order chi connectivity index (χ1) is 14.6. The molecule has 0 spiro atoms. The lowest BCUT2D eigenvalue weighted by atomic mass is 9.83. The average Bonchev–Trinajstić information content (AvgIpc) is 2.80. The molecule has 0 bridgehead atoms. The van der Waals surface area contributed by atoms with Gasteiger partial charge in [0.25, 0.3) is 5.91 Å². The van der Waals surface area contributed by atoms with E-state index in [4.69, 9.17) is 4.74 Å². The van der Waals surface area contributed by atoms with E-state index in [0.717, 1.165) is 19.4 Å². The number of piperidine rings is 1. The SMILES string of the molecule is COCCNSC1CCN(C(=O)c2ccc3c(c2)C(=O)c2ccccc2C3=O)CC1. The van der Waals surface area contributed by atoms with Crippen LogP contribution in [0, 0.1) is 0 Å². The second kappa shape index (κ2) is 9.12. The summed E-state index contributed by atoms with van der Waals surface area (Å²) < 4.78 is 8.33. The summed E-state index contributed by atoms with van der Waals surface area (Å²) >= 11 is 1.71. The molecule has 0 atom stereocenters. The van der Waals surface area contributed by atoms with Crippen molar-refractivity contribution in [3.05, 3.63) is 70.3 Å². The van der Waals surface area contributed by atoms with Crippen LogP contribution in [0.1, 0.15) is 55.0 Å². The van der Waals surface area contributed by atoms with Crippen LogP contribution >= 0.6 is 11.9 Å². The minimum Gasteiger partial charge on any atom is -0.383 e. The number of hydrogen-bond acceptors (Lipinski definition) is 6. The third-order valence-corrected chi connectivity index (χ3v) is 6.74. The molecule has 4 rings (SSSR count). The van der Waals surface area contributed by atoms with Crippen molar-refractivity contribution in [1.82, 2.24) is 9.62 Å². The van der Waals surface area contributed by atoms with E-state index in [-0.39, 0.29) is 17.5 Å². The second-order valence-corrected chi connectivity index (χ2v) is 8.65. The van der Waals surface area contributed by atoms with Crippen molar-refractivity contribution >= 4 is 29.4 Å². The highest BCUT2D eigenvalue weighted by Crippen LogP contribution is 2.29. The molecule has 0 aromatic heterocycles. The van der Waals surface area contributed by atoms with Gasteiger partial charge in [-0.3, -0.25) is 19.1 Å². The summed E-state index contributed by atoms with van der Waals surface area (Å²) in [5.74, 6) is -0.460. The predicted molar refractivity (Wildman–Crippen MR) is 116 cm³/mol. The molecule has 7 heteroatoms. The smallest absolute Gasteiger partial charge is 0.253 e. The number of nitrogens with one attached hydrogen (secondary N) is 1. The molecule has 1 aliphatic heterocycles. The van der Waals surface area contributed by atoms with Gasteiger partial charge in [-0.2, -0.15) is 0 Å². The van der Waals surface area contributed by atoms with E-state index in [1.54, 1.807) is 61.5 Å². The lowest BCUT2D eigenvalue weighted by Gasteiger charge is -2.32. The number of methoxy groups -OCH3 is 1. The van der Waals surface area contributed by atoms with E-state index in [1.165, 1.54) is 0 Å². The Hall–Kier alpha value is -2.48. The van der Waals surface area contributed by atoms with Crippen molar-refractivity contribution in [3.8, 4) is 0 Å². The van der Waals surface area contributed by atoms with Gasteiger partial charge in [-0.25, -0.2) is 0 Å². The maximum atomic E-state index is 13.0. The zero-order chi connectivity index (χ0) is 21.1. The summed E-state index contributed by atoms with van der Waals surface area (Å²) in [5.41, 5.74) is 1.97. The van der Waals surface area contributed by atoms with Crippen LogP contribution in [0.3, 0.4) is 0 Å². The molecule has 30 heavy (non-hydrogen) atoms. The number of ketones is 2. The zero-order valence-electron chi connectivity index (χ0n) is 16.8. The van der Waals surface area contributed by atoms with Crippen LogP contribution in [0.2, 0.25) is 0 Å². The maximum Gasteiger partial charge on any atom is 0.253 e. The van der Waals surface area contributed by atoms with Crippen molar-refractivity contribution in [3.63, 3.8) is 0 Å². The molecular formula is C23H24N2O4S. The summed E-state index contributed by atoms with van der Waals surface area (Å²) in [6, 6.07) is 11.7. The summed E-state index contributed by atoms with van der Waals surface area (Å²) in [4.78, 5) is 40.5. The van der Waals surface area contributed by atoms with Crippen LogP contribution in [-0.4, -0.2) is 61.0 Å². The van der Waals surface area contributed by atoms with E-state index >= 15 is 0 Å². The number of carbonyl (C=O) groups is 3. The van der Waals surface area contributed by atoms with Gasteiger partial charge in [0.15, 0.2) is 11.6 Å². The number of ether oxygens (including phenoxy) is 1.